The highest BCUT2D eigenvalue weighted by molar-refractivity contribution is 5.97. The average Bonchev–Trinajstić information content (AvgIpc) is 3.16. The van der Waals surface area contributed by atoms with Gasteiger partial charge in [-0.1, -0.05) is 12.1 Å². The van der Waals surface area contributed by atoms with E-state index in [0.717, 1.165) is 18.4 Å². The van der Waals surface area contributed by atoms with E-state index in [1.165, 1.54) is 6.92 Å². The van der Waals surface area contributed by atoms with Crippen LogP contribution in [0, 0.1) is 0 Å². The number of carbonyl (C=O) groups excluding carboxylic acids is 2. The van der Waals surface area contributed by atoms with Crippen molar-refractivity contribution in [2.75, 3.05) is 26.1 Å². The molecule has 0 unspecified atom stereocenters. The Balaban J connectivity index is 1.86. The van der Waals surface area contributed by atoms with Gasteiger partial charge in [0.1, 0.15) is 0 Å². The maximum atomic E-state index is 13.1. The summed E-state index contributed by atoms with van der Waals surface area (Å²) in [6.07, 6.45) is 1.84. The largest absolute Gasteiger partial charge is 0.493 e. The van der Waals surface area contributed by atoms with Crippen LogP contribution in [-0.4, -0.2) is 37.5 Å². The molecule has 0 saturated carbocycles. The maximum absolute atomic E-state index is 13.1. The molecule has 6 heteroatoms. The normalized spacial score (nSPS) is 16.1. The molecular weight excluding hydrogens is 344 g/mol. The molecule has 0 radical (unpaired) electrons. The van der Waals surface area contributed by atoms with Crippen LogP contribution >= 0.6 is 0 Å². The Hall–Kier alpha value is -3.02. The lowest BCUT2D eigenvalue weighted by atomic mass is 10.0. The lowest BCUT2D eigenvalue weighted by Crippen LogP contribution is -2.30. The van der Waals surface area contributed by atoms with Gasteiger partial charge in [0.05, 0.1) is 20.3 Å². The predicted octanol–water partition coefficient (Wildman–Crippen LogP) is 3.64. The molecule has 0 aliphatic carbocycles. The Labute approximate surface area is 159 Å². The van der Waals surface area contributed by atoms with Crippen molar-refractivity contribution in [3.63, 3.8) is 0 Å². The monoisotopic (exact) mass is 368 g/mol. The molecule has 1 fully saturated rings. The van der Waals surface area contributed by atoms with Crippen molar-refractivity contribution in [2.24, 2.45) is 0 Å². The van der Waals surface area contributed by atoms with Gasteiger partial charge in [0, 0.05) is 24.7 Å². The highest BCUT2D eigenvalue weighted by atomic mass is 16.5. The van der Waals surface area contributed by atoms with E-state index in [9.17, 15) is 9.59 Å². The highest BCUT2D eigenvalue weighted by Crippen LogP contribution is 2.37. The molecule has 1 heterocycles. The van der Waals surface area contributed by atoms with Gasteiger partial charge >= 0.3 is 0 Å². The smallest absolute Gasteiger partial charge is 0.254 e. The van der Waals surface area contributed by atoms with Crippen LogP contribution in [0.1, 0.15) is 41.7 Å². The van der Waals surface area contributed by atoms with E-state index in [1.807, 2.05) is 23.1 Å². The number of hydrogen-bond donors (Lipinski definition) is 1. The molecule has 1 atom stereocenters. The van der Waals surface area contributed by atoms with E-state index in [4.69, 9.17) is 9.47 Å². The Kier molecular flexibility index (Phi) is 5.64. The molecule has 2 aromatic carbocycles. The van der Waals surface area contributed by atoms with E-state index in [-0.39, 0.29) is 17.9 Å². The summed E-state index contributed by atoms with van der Waals surface area (Å²) in [4.78, 5) is 26.3. The van der Waals surface area contributed by atoms with E-state index >= 15 is 0 Å². The quantitative estimate of drug-likeness (QED) is 0.875. The second kappa shape index (κ2) is 8.12. The van der Waals surface area contributed by atoms with Gasteiger partial charge in [-0.05, 0) is 48.7 Å². The minimum atomic E-state index is -0.163. The van der Waals surface area contributed by atoms with Gasteiger partial charge in [0.2, 0.25) is 5.91 Å². The van der Waals surface area contributed by atoms with Crippen LogP contribution in [-0.2, 0) is 4.79 Å². The number of methoxy groups -OCH3 is 2. The van der Waals surface area contributed by atoms with Gasteiger partial charge in [-0.15, -0.1) is 0 Å². The first-order valence-corrected chi connectivity index (χ1v) is 8.94. The number of anilines is 1. The molecule has 1 saturated heterocycles. The van der Waals surface area contributed by atoms with Crippen LogP contribution in [0.5, 0.6) is 11.5 Å². The number of nitrogens with one attached hydrogen (secondary N) is 1. The summed E-state index contributed by atoms with van der Waals surface area (Å²) in [5, 5.41) is 2.72. The van der Waals surface area contributed by atoms with Gasteiger partial charge in [-0.25, -0.2) is 0 Å². The highest BCUT2D eigenvalue weighted by Gasteiger charge is 2.31. The van der Waals surface area contributed by atoms with Crippen LogP contribution < -0.4 is 14.8 Å². The lowest BCUT2D eigenvalue weighted by molar-refractivity contribution is -0.114. The first-order valence-electron chi connectivity index (χ1n) is 8.94. The lowest BCUT2D eigenvalue weighted by Gasteiger charge is -2.26. The molecule has 27 heavy (non-hydrogen) atoms. The summed E-state index contributed by atoms with van der Waals surface area (Å²) in [7, 11) is 3.21. The molecule has 2 aromatic rings. The first-order chi connectivity index (χ1) is 13.0. The van der Waals surface area contributed by atoms with Crippen LogP contribution in [0.2, 0.25) is 0 Å². The van der Waals surface area contributed by atoms with Gasteiger partial charge in [0.25, 0.3) is 5.91 Å². The zero-order chi connectivity index (χ0) is 19.4. The molecule has 1 aliphatic heterocycles. The zero-order valence-corrected chi connectivity index (χ0v) is 15.8. The SMILES string of the molecule is COc1ccc([C@@H]2CCCN2C(=O)c2cccc(NC(C)=O)c2)cc1OC. The van der Waals surface area contributed by atoms with Crippen LogP contribution in [0.3, 0.4) is 0 Å². The standard InChI is InChI=1S/C21H24N2O4/c1-14(24)22-17-7-4-6-16(12-17)21(25)23-11-5-8-18(23)15-9-10-19(26-2)20(13-15)27-3/h4,6-7,9-10,12-13,18H,5,8,11H2,1-3H3,(H,22,24)/t18-/m0/s1. The molecule has 0 spiro atoms. The summed E-state index contributed by atoms with van der Waals surface area (Å²) in [6.45, 7) is 2.14. The molecule has 2 amide bonds. The number of nitrogens with zero attached hydrogens (tertiary/aromatic N) is 1. The Morgan fingerprint density at radius 1 is 1.07 bits per heavy atom. The number of likely N-dealkylation sites (tertiary alicyclic amines) is 1. The van der Waals surface area contributed by atoms with Crippen LogP contribution in [0.25, 0.3) is 0 Å². The van der Waals surface area contributed by atoms with Gasteiger partial charge in [0.15, 0.2) is 11.5 Å². The van der Waals surface area contributed by atoms with Crippen molar-refractivity contribution in [2.45, 2.75) is 25.8 Å². The van der Waals surface area contributed by atoms with Crippen LogP contribution in [0.4, 0.5) is 5.69 Å². The fraction of sp³-hybridized carbons (Fsp3) is 0.333. The number of amides is 2. The number of rotatable bonds is 5. The van der Waals surface area contributed by atoms with Gasteiger partial charge in [-0.3, -0.25) is 9.59 Å². The number of ether oxygens (including phenoxy) is 2. The molecule has 3 rings (SSSR count). The van der Waals surface area contributed by atoms with Gasteiger partial charge in [-0.2, -0.15) is 0 Å². The third-order valence-corrected chi connectivity index (χ3v) is 4.74. The fourth-order valence-corrected chi connectivity index (χ4v) is 3.52. The molecule has 1 aliphatic rings. The Morgan fingerprint density at radius 2 is 1.85 bits per heavy atom. The molecular formula is C21H24N2O4. The zero-order valence-electron chi connectivity index (χ0n) is 15.8. The van der Waals surface area contributed by atoms with E-state index in [0.29, 0.717) is 29.3 Å². The van der Waals surface area contributed by atoms with E-state index in [2.05, 4.69) is 5.32 Å². The molecule has 0 aromatic heterocycles. The number of benzene rings is 2. The third-order valence-electron chi connectivity index (χ3n) is 4.74. The maximum Gasteiger partial charge on any atom is 0.254 e. The second-order valence-corrected chi connectivity index (χ2v) is 6.53. The molecule has 0 bridgehead atoms. The first kappa shape index (κ1) is 18.8. The van der Waals surface area contributed by atoms with Crippen LogP contribution in [0.15, 0.2) is 42.5 Å². The molecule has 6 nitrogen and oxygen atoms in total. The summed E-state index contributed by atoms with van der Waals surface area (Å²) < 4.78 is 10.7. The number of carbonyl (C=O) groups is 2. The summed E-state index contributed by atoms with van der Waals surface area (Å²) in [6, 6.07) is 12.8. The Bertz CT molecular complexity index is 850. The summed E-state index contributed by atoms with van der Waals surface area (Å²) >= 11 is 0. The minimum Gasteiger partial charge on any atom is -0.493 e. The fourth-order valence-electron chi connectivity index (χ4n) is 3.52. The Morgan fingerprint density at radius 3 is 2.56 bits per heavy atom. The average molecular weight is 368 g/mol. The van der Waals surface area contributed by atoms with E-state index in [1.54, 1.807) is 38.5 Å². The van der Waals surface area contributed by atoms with Crippen molar-refractivity contribution in [3.8, 4) is 11.5 Å². The van der Waals surface area contributed by atoms with E-state index < -0.39 is 0 Å². The predicted molar refractivity (Wildman–Crippen MR) is 103 cm³/mol. The van der Waals surface area contributed by atoms with Crippen molar-refractivity contribution < 1.29 is 19.1 Å². The topological polar surface area (TPSA) is 67.9 Å². The third kappa shape index (κ3) is 4.05. The minimum absolute atomic E-state index is 0.0123. The van der Waals surface area contributed by atoms with Crippen molar-refractivity contribution in [1.29, 1.82) is 0 Å². The number of hydrogen-bond acceptors (Lipinski definition) is 4. The van der Waals surface area contributed by atoms with Crippen molar-refractivity contribution >= 4 is 17.5 Å². The second-order valence-electron chi connectivity index (χ2n) is 6.53. The summed E-state index contributed by atoms with van der Waals surface area (Å²) in [5.41, 5.74) is 2.21. The summed E-state index contributed by atoms with van der Waals surface area (Å²) in [5.74, 6) is 1.12. The molecule has 1 N–H and O–H groups in total. The van der Waals surface area contributed by atoms with Crippen molar-refractivity contribution in [1.82, 2.24) is 4.90 Å². The van der Waals surface area contributed by atoms with Crippen molar-refractivity contribution in [3.05, 3.63) is 53.6 Å². The van der Waals surface area contributed by atoms with Gasteiger partial charge < -0.3 is 19.7 Å². The molecule has 142 valence electrons.